The van der Waals surface area contributed by atoms with Crippen molar-refractivity contribution in [1.29, 1.82) is 0 Å². The first-order chi connectivity index (χ1) is 14.8. The lowest BCUT2D eigenvalue weighted by atomic mass is 9.44. The molecule has 3 fully saturated rings. The van der Waals surface area contributed by atoms with Crippen LogP contribution in [0.25, 0.3) is 10.1 Å². The number of aliphatic carboxylic acids is 1. The van der Waals surface area contributed by atoms with Crippen molar-refractivity contribution in [3.8, 4) is 5.75 Å². The predicted octanol–water partition coefficient (Wildman–Crippen LogP) is 5.59. The van der Waals surface area contributed by atoms with E-state index in [1.807, 2.05) is 11.4 Å². The minimum Gasteiger partial charge on any atom is -0.508 e. The van der Waals surface area contributed by atoms with Crippen molar-refractivity contribution in [3.63, 3.8) is 0 Å². The van der Waals surface area contributed by atoms with Crippen LogP contribution >= 0.6 is 11.3 Å². The lowest BCUT2D eigenvalue weighted by Gasteiger charge is -2.62. The smallest absolute Gasteiger partial charge is 0.303 e. The summed E-state index contributed by atoms with van der Waals surface area (Å²) < 4.78 is 0.997. The second kappa shape index (κ2) is 8.65. The van der Waals surface area contributed by atoms with Crippen molar-refractivity contribution in [3.05, 3.63) is 41.3 Å². The Hall–Kier alpha value is -2.34. The summed E-state index contributed by atoms with van der Waals surface area (Å²) in [5.41, 5.74) is 0.882. The Morgan fingerprint density at radius 3 is 2.81 bits per heavy atom. The quantitative estimate of drug-likeness (QED) is 0.368. The highest BCUT2D eigenvalue weighted by Crippen LogP contribution is 2.61. The van der Waals surface area contributed by atoms with E-state index in [4.69, 9.17) is 5.11 Å². The van der Waals surface area contributed by atoms with Gasteiger partial charge in [0.25, 0.3) is 5.91 Å². The van der Waals surface area contributed by atoms with Crippen LogP contribution in [0.15, 0.2) is 35.7 Å². The molecule has 1 amide bonds. The Morgan fingerprint density at radius 2 is 2.06 bits per heavy atom. The largest absolute Gasteiger partial charge is 0.508 e. The first-order valence-electron chi connectivity index (χ1n) is 11.1. The summed E-state index contributed by atoms with van der Waals surface area (Å²) in [6.45, 7) is 4.64. The molecule has 0 aliphatic heterocycles. The summed E-state index contributed by atoms with van der Waals surface area (Å²) in [6, 6.07) is 5.30. The summed E-state index contributed by atoms with van der Waals surface area (Å²) in [5, 5.41) is 24.7. The molecule has 3 N–H and O–H groups in total. The number of unbranched alkanes of at least 4 members (excludes halogenated alkanes) is 1. The zero-order chi connectivity index (χ0) is 22.2. The SMILES string of the molecule is CC1(C)[C@@H]2C[C@@H](C/C=C\CCCC(=O)O)[C@H](NC(=O)c3csc4ccc(O)cc34)[C@H]1C2. The number of nitrogens with one attached hydrogen (secondary N) is 1. The number of carboxylic acids is 1. The fourth-order valence-electron chi connectivity index (χ4n) is 5.55. The Morgan fingerprint density at radius 1 is 1.26 bits per heavy atom. The number of phenols is 1. The Kier molecular flexibility index (Phi) is 6.11. The standard InChI is InChI=1S/C25H31NO4S/c1-25(2)16-11-15(7-5-3-4-6-8-22(28)29)23(20(25)12-16)26-24(30)19-14-31-21-10-9-17(27)13-18(19)21/h3,5,9-10,13-16,20,23,27H,4,6-8,11-12H2,1-2H3,(H,26,30)(H,28,29)/b5-3-/t15-,16-,20-,23+/m1/s1. The molecule has 1 heterocycles. The van der Waals surface area contributed by atoms with Crippen LogP contribution in [0.1, 0.15) is 62.7 Å². The van der Waals surface area contributed by atoms with Gasteiger partial charge in [-0.1, -0.05) is 26.0 Å². The van der Waals surface area contributed by atoms with E-state index < -0.39 is 5.97 Å². The molecule has 0 spiro atoms. The normalized spacial score (nSPS) is 26.6. The lowest BCUT2D eigenvalue weighted by Crippen LogP contribution is -2.63. The van der Waals surface area contributed by atoms with Gasteiger partial charge in [0.05, 0.1) is 5.56 Å². The van der Waals surface area contributed by atoms with Crippen LogP contribution in [-0.2, 0) is 4.79 Å². The molecule has 0 saturated heterocycles. The molecule has 6 heteroatoms. The van der Waals surface area contributed by atoms with Crippen LogP contribution in [0.5, 0.6) is 5.75 Å². The number of benzene rings is 1. The van der Waals surface area contributed by atoms with Gasteiger partial charge in [0.1, 0.15) is 5.75 Å². The van der Waals surface area contributed by atoms with Crippen molar-refractivity contribution in [2.45, 2.75) is 58.4 Å². The number of rotatable bonds is 8. The summed E-state index contributed by atoms with van der Waals surface area (Å²) in [5.74, 6) is 0.939. The van der Waals surface area contributed by atoms with E-state index in [1.54, 1.807) is 12.1 Å². The number of hydrogen-bond acceptors (Lipinski definition) is 4. The Bertz CT molecular complexity index is 1010. The fraction of sp³-hybridized carbons (Fsp3) is 0.520. The number of hydrogen-bond donors (Lipinski definition) is 3. The van der Waals surface area contributed by atoms with E-state index in [2.05, 4.69) is 31.3 Å². The van der Waals surface area contributed by atoms with E-state index in [1.165, 1.54) is 17.8 Å². The van der Waals surface area contributed by atoms with E-state index in [9.17, 15) is 14.7 Å². The maximum absolute atomic E-state index is 13.2. The summed E-state index contributed by atoms with van der Waals surface area (Å²) >= 11 is 1.52. The van der Waals surface area contributed by atoms with Gasteiger partial charge in [-0.2, -0.15) is 0 Å². The Labute approximate surface area is 187 Å². The second-order valence-electron chi connectivity index (χ2n) is 9.68. The fourth-order valence-corrected chi connectivity index (χ4v) is 6.47. The first kappa shape index (κ1) is 21.9. The molecular formula is C25H31NO4S. The van der Waals surface area contributed by atoms with E-state index in [0.717, 1.165) is 29.3 Å². The van der Waals surface area contributed by atoms with Crippen LogP contribution in [0.3, 0.4) is 0 Å². The average molecular weight is 442 g/mol. The molecule has 2 aromatic rings. The number of thiophene rings is 1. The number of carbonyl (C=O) groups excluding carboxylic acids is 1. The number of phenolic OH excluding ortho intramolecular Hbond substituents is 1. The van der Waals surface area contributed by atoms with Crippen LogP contribution in [-0.4, -0.2) is 28.1 Å². The molecule has 5 rings (SSSR count). The molecule has 0 unspecified atom stereocenters. The average Bonchev–Trinajstić information content (AvgIpc) is 3.13. The molecule has 1 aromatic carbocycles. The molecule has 3 aliphatic rings. The molecule has 2 bridgehead atoms. The molecule has 166 valence electrons. The van der Waals surface area contributed by atoms with Gasteiger partial charge in [0.2, 0.25) is 0 Å². The monoisotopic (exact) mass is 441 g/mol. The molecule has 3 aliphatic carbocycles. The highest BCUT2D eigenvalue weighted by molar-refractivity contribution is 7.17. The molecular weight excluding hydrogens is 410 g/mol. The van der Waals surface area contributed by atoms with Gasteiger partial charge in [-0.05, 0) is 73.5 Å². The molecule has 4 atom stereocenters. The maximum atomic E-state index is 13.2. The summed E-state index contributed by atoms with van der Waals surface area (Å²) in [4.78, 5) is 23.9. The van der Waals surface area contributed by atoms with E-state index >= 15 is 0 Å². The zero-order valence-electron chi connectivity index (χ0n) is 18.1. The first-order valence-corrected chi connectivity index (χ1v) is 12.0. The maximum Gasteiger partial charge on any atom is 0.303 e. The molecule has 3 saturated carbocycles. The van der Waals surface area contributed by atoms with Crippen molar-refractivity contribution in [2.24, 2.45) is 23.2 Å². The number of carbonyl (C=O) groups is 2. The molecule has 5 nitrogen and oxygen atoms in total. The summed E-state index contributed by atoms with van der Waals surface area (Å²) in [6.07, 6.45) is 9.08. The predicted molar refractivity (Wildman–Crippen MR) is 123 cm³/mol. The highest BCUT2D eigenvalue weighted by Gasteiger charge is 2.57. The van der Waals surface area contributed by atoms with E-state index in [-0.39, 0.29) is 29.5 Å². The number of aromatic hydroxyl groups is 1. The molecule has 31 heavy (non-hydrogen) atoms. The third-order valence-electron chi connectivity index (χ3n) is 7.54. The van der Waals surface area contributed by atoms with Gasteiger partial charge in [0.15, 0.2) is 0 Å². The van der Waals surface area contributed by atoms with Crippen molar-refractivity contribution in [2.75, 3.05) is 0 Å². The van der Waals surface area contributed by atoms with Crippen LogP contribution in [0.2, 0.25) is 0 Å². The van der Waals surface area contributed by atoms with Gasteiger partial charge in [-0.25, -0.2) is 0 Å². The minimum atomic E-state index is -0.750. The van der Waals surface area contributed by atoms with Crippen LogP contribution < -0.4 is 5.32 Å². The topological polar surface area (TPSA) is 86.6 Å². The summed E-state index contributed by atoms with van der Waals surface area (Å²) in [7, 11) is 0. The third-order valence-corrected chi connectivity index (χ3v) is 8.50. The Balaban J connectivity index is 1.46. The van der Waals surface area contributed by atoms with Crippen LogP contribution in [0.4, 0.5) is 0 Å². The van der Waals surface area contributed by atoms with Gasteiger partial charge >= 0.3 is 5.97 Å². The lowest BCUT2D eigenvalue weighted by molar-refractivity contribution is -0.137. The molecule has 0 radical (unpaired) electrons. The van der Waals surface area contributed by atoms with Gasteiger partial charge in [-0.15, -0.1) is 11.3 Å². The van der Waals surface area contributed by atoms with Crippen molar-refractivity contribution >= 4 is 33.3 Å². The molecule has 1 aromatic heterocycles. The number of fused-ring (bicyclic) bond motifs is 3. The number of carboxylic acid groups (broad SMARTS) is 1. The van der Waals surface area contributed by atoms with E-state index in [0.29, 0.717) is 29.7 Å². The van der Waals surface area contributed by atoms with Crippen molar-refractivity contribution < 1.29 is 19.8 Å². The number of allylic oxidation sites excluding steroid dienone is 2. The van der Waals surface area contributed by atoms with Gasteiger partial charge in [-0.3, -0.25) is 9.59 Å². The minimum absolute atomic E-state index is 0.0570. The second-order valence-corrected chi connectivity index (χ2v) is 10.6. The van der Waals surface area contributed by atoms with Gasteiger partial charge in [0, 0.05) is 27.9 Å². The third kappa shape index (κ3) is 4.36. The zero-order valence-corrected chi connectivity index (χ0v) is 19.0. The van der Waals surface area contributed by atoms with Gasteiger partial charge < -0.3 is 15.5 Å². The van der Waals surface area contributed by atoms with Crippen molar-refractivity contribution in [1.82, 2.24) is 5.32 Å². The number of amides is 1. The van der Waals surface area contributed by atoms with Crippen LogP contribution in [0, 0.1) is 23.2 Å². The highest BCUT2D eigenvalue weighted by atomic mass is 32.1.